The summed E-state index contributed by atoms with van der Waals surface area (Å²) in [5.41, 5.74) is 2.06. The standard InChI is InChI=1S/C23H26N4O3S/c28-19-10-8-18(9-11-19)22-25-26-23(27(22)15-20-7-4-14-30-20)31-16-21(29)24-13-12-17-5-2-1-3-6-17/h1-3,5-6,8-11,20,28H,4,7,12-16H2,(H,24,29). The van der Waals surface area contributed by atoms with E-state index in [9.17, 15) is 9.90 Å². The van der Waals surface area contributed by atoms with E-state index in [4.69, 9.17) is 4.74 Å². The second-order valence-corrected chi connectivity index (χ2v) is 8.42. The Bertz CT molecular complexity index is 986. The summed E-state index contributed by atoms with van der Waals surface area (Å²) in [6.07, 6.45) is 2.97. The van der Waals surface area contributed by atoms with Gasteiger partial charge in [-0.2, -0.15) is 0 Å². The molecule has 1 atom stereocenters. The van der Waals surface area contributed by atoms with E-state index in [-0.39, 0.29) is 23.5 Å². The summed E-state index contributed by atoms with van der Waals surface area (Å²) in [6, 6.07) is 17.0. The molecule has 2 aromatic carbocycles. The number of phenols is 1. The van der Waals surface area contributed by atoms with Crippen LogP contribution in [-0.4, -0.2) is 50.8 Å². The van der Waals surface area contributed by atoms with Crippen LogP contribution in [0.3, 0.4) is 0 Å². The molecule has 3 aromatic rings. The molecule has 31 heavy (non-hydrogen) atoms. The third kappa shape index (κ3) is 5.86. The normalized spacial score (nSPS) is 15.8. The van der Waals surface area contributed by atoms with Gasteiger partial charge in [0.05, 0.1) is 18.4 Å². The molecule has 162 valence electrons. The molecule has 2 heterocycles. The van der Waals surface area contributed by atoms with Gasteiger partial charge in [0, 0.05) is 18.7 Å². The van der Waals surface area contributed by atoms with E-state index >= 15 is 0 Å². The van der Waals surface area contributed by atoms with Crippen LogP contribution in [0.25, 0.3) is 11.4 Å². The maximum absolute atomic E-state index is 12.3. The van der Waals surface area contributed by atoms with Crippen molar-refractivity contribution in [2.24, 2.45) is 0 Å². The number of nitrogens with zero attached hydrogens (tertiary/aromatic N) is 3. The molecule has 1 aliphatic heterocycles. The molecular weight excluding hydrogens is 412 g/mol. The molecule has 1 fully saturated rings. The van der Waals surface area contributed by atoms with Crippen LogP contribution in [0, 0.1) is 0 Å². The molecule has 1 unspecified atom stereocenters. The monoisotopic (exact) mass is 438 g/mol. The number of rotatable bonds is 9. The number of thioether (sulfide) groups is 1. The first kappa shape index (κ1) is 21.4. The van der Waals surface area contributed by atoms with Crippen molar-refractivity contribution in [3.8, 4) is 17.1 Å². The largest absolute Gasteiger partial charge is 0.508 e. The zero-order chi connectivity index (χ0) is 21.5. The Hall–Kier alpha value is -2.84. The zero-order valence-electron chi connectivity index (χ0n) is 17.2. The molecule has 7 nitrogen and oxygen atoms in total. The van der Waals surface area contributed by atoms with E-state index in [0.717, 1.165) is 31.4 Å². The summed E-state index contributed by atoms with van der Waals surface area (Å²) in [5.74, 6) is 1.16. The maximum Gasteiger partial charge on any atom is 0.230 e. The third-order valence-corrected chi connectivity index (χ3v) is 6.13. The summed E-state index contributed by atoms with van der Waals surface area (Å²) in [6.45, 7) is 2.01. The Kier molecular flexibility index (Phi) is 7.22. The highest BCUT2D eigenvalue weighted by Crippen LogP contribution is 2.27. The molecule has 0 radical (unpaired) electrons. The van der Waals surface area contributed by atoms with Gasteiger partial charge < -0.3 is 15.2 Å². The minimum Gasteiger partial charge on any atom is -0.508 e. The van der Waals surface area contributed by atoms with Gasteiger partial charge in [0.1, 0.15) is 5.75 Å². The van der Waals surface area contributed by atoms with Crippen LogP contribution in [-0.2, 0) is 22.5 Å². The fourth-order valence-electron chi connectivity index (χ4n) is 3.55. The summed E-state index contributed by atoms with van der Waals surface area (Å²) in [7, 11) is 0. The van der Waals surface area contributed by atoms with Crippen molar-refractivity contribution in [3.05, 3.63) is 60.2 Å². The van der Waals surface area contributed by atoms with E-state index in [2.05, 4.69) is 27.6 Å². The van der Waals surface area contributed by atoms with E-state index in [1.807, 2.05) is 34.9 Å². The number of hydrogen-bond acceptors (Lipinski definition) is 6. The molecule has 1 saturated heterocycles. The predicted octanol–water partition coefficient (Wildman–Crippen LogP) is 3.28. The highest BCUT2D eigenvalue weighted by Gasteiger charge is 2.22. The molecule has 0 spiro atoms. The van der Waals surface area contributed by atoms with Crippen molar-refractivity contribution in [1.82, 2.24) is 20.1 Å². The smallest absolute Gasteiger partial charge is 0.230 e. The minimum atomic E-state index is -0.0289. The fraction of sp³-hybridized carbons (Fsp3) is 0.348. The summed E-state index contributed by atoms with van der Waals surface area (Å²) < 4.78 is 7.83. The van der Waals surface area contributed by atoms with Gasteiger partial charge in [-0.05, 0) is 49.1 Å². The van der Waals surface area contributed by atoms with Crippen molar-refractivity contribution in [2.45, 2.75) is 37.1 Å². The number of hydrogen-bond donors (Lipinski definition) is 2. The Labute approximate surface area is 185 Å². The van der Waals surface area contributed by atoms with Crippen molar-refractivity contribution in [1.29, 1.82) is 0 Å². The average molecular weight is 439 g/mol. The highest BCUT2D eigenvalue weighted by atomic mass is 32.2. The number of aromatic hydroxyl groups is 1. The van der Waals surface area contributed by atoms with E-state index in [1.54, 1.807) is 12.1 Å². The molecular formula is C23H26N4O3S. The SMILES string of the molecule is O=C(CSc1nnc(-c2ccc(O)cc2)n1CC1CCCO1)NCCc1ccccc1. The Morgan fingerprint density at radius 1 is 1.16 bits per heavy atom. The van der Waals surface area contributed by atoms with Gasteiger partial charge in [0.2, 0.25) is 5.91 Å². The van der Waals surface area contributed by atoms with Gasteiger partial charge >= 0.3 is 0 Å². The predicted molar refractivity (Wildman–Crippen MR) is 120 cm³/mol. The molecule has 1 aromatic heterocycles. The van der Waals surface area contributed by atoms with Crippen molar-refractivity contribution < 1.29 is 14.6 Å². The van der Waals surface area contributed by atoms with Crippen molar-refractivity contribution in [2.75, 3.05) is 18.9 Å². The highest BCUT2D eigenvalue weighted by molar-refractivity contribution is 7.99. The number of amides is 1. The lowest BCUT2D eigenvalue weighted by atomic mass is 10.1. The molecule has 1 amide bonds. The second-order valence-electron chi connectivity index (χ2n) is 7.47. The first-order chi connectivity index (χ1) is 15.2. The van der Waals surface area contributed by atoms with Gasteiger partial charge in [0.25, 0.3) is 0 Å². The van der Waals surface area contributed by atoms with Crippen molar-refractivity contribution in [3.63, 3.8) is 0 Å². The molecule has 2 N–H and O–H groups in total. The summed E-state index contributed by atoms with van der Waals surface area (Å²) in [5, 5.41) is 21.9. The van der Waals surface area contributed by atoms with E-state index < -0.39 is 0 Å². The average Bonchev–Trinajstić information content (AvgIpc) is 3.44. The van der Waals surface area contributed by atoms with Gasteiger partial charge in [-0.1, -0.05) is 42.1 Å². The topological polar surface area (TPSA) is 89.3 Å². The third-order valence-electron chi connectivity index (χ3n) is 5.16. The zero-order valence-corrected chi connectivity index (χ0v) is 18.1. The van der Waals surface area contributed by atoms with Gasteiger partial charge in [-0.3, -0.25) is 9.36 Å². The molecule has 4 rings (SSSR count). The second kappa shape index (κ2) is 10.5. The number of aromatic nitrogens is 3. The molecule has 0 bridgehead atoms. The lowest BCUT2D eigenvalue weighted by Crippen LogP contribution is -2.27. The lowest BCUT2D eigenvalue weighted by Gasteiger charge is -2.14. The van der Waals surface area contributed by atoms with Crippen LogP contribution >= 0.6 is 11.8 Å². The number of ether oxygens (including phenoxy) is 1. The molecule has 0 saturated carbocycles. The van der Waals surface area contributed by atoms with Gasteiger partial charge in [0.15, 0.2) is 11.0 Å². The number of phenolic OH excluding ortho intramolecular Hbond substituents is 1. The van der Waals surface area contributed by atoms with Gasteiger partial charge in [-0.15, -0.1) is 10.2 Å². The number of carbonyl (C=O) groups is 1. The minimum absolute atomic E-state index is 0.0289. The summed E-state index contributed by atoms with van der Waals surface area (Å²) >= 11 is 1.38. The number of nitrogens with one attached hydrogen (secondary N) is 1. The Morgan fingerprint density at radius 3 is 2.71 bits per heavy atom. The van der Waals surface area contributed by atoms with Crippen molar-refractivity contribution >= 4 is 17.7 Å². The van der Waals surface area contributed by atoms with Crippen LogP contribution in [0.1, 0.15) is 18.4 Å². The Balaban J connectivity index is 1.39. The van der Waals surface area contributed by atoms with Crippen LogP contribution in [0.15, 0.2) is 59.8 Å². The van der Waals surface area contributed by atoms with Crippen LogP contribution in [0.4, 0.5) is 0 Å². The summed E-state index contributed by atoms with van der Waals surface area (Å²) in [4.78, 5) is 12.3. The first-order valence-electron chi connectivity index (χ1n) is 10.5. The maximum atomic E-state index is 12.3. The quantitative estimate of drug-likeness (QED) is 0.499. The van der Waals surface area contributed by atoms with Gasteiger partial charge in [-0.25, -0.2) is 0 Å². The molecule has 8 heteroatoms. The van der Waals surface area contributed by atoms with E-state index in [0.29, 0.717) is 24.1 Å². The molecule has 0 aliphatic carbocycles. The Morgan fingerprint density at radius 2 is 1.97 bits per heavy atom. The van der Waals surface area contributed by atoms with Crippen LogP contribution in [0.2, 0.25) is 0 Å². The van der Waals surface area contributed by atoms with Crippen LogP contribution in [0.5, 0.6) is 5.75 Å². The number of carbonyl (C=O) groups excluding carboxylic acids is 1. The van der Waals surface area contributed by atoms with Crippen LogP contribution < -0.4 is 5.32 Å². The fourth-order valence-corrected chi connectivity index (χ4v) is 4.33. The lowest BCUT2D eigenvalue weighted by molar-refractivity contribution is -0.118. The molecule has 1 aliphatic rings. The van der Waals surface area contributed by atoms with E-state index in [1.165, 1.54) is 17.3 Å². The first-order valence-corrected chi connectivity index (χ1v) is 11.5. The number of benzene rings is 2.